The van der Waals surface area contributed by atoms with Gasteiger partial charge in [0, 0.05) is 17.1 Å². The molecule has 1 heterocycles. The molecule has 0 saturated heterocycles. The Morgan fingerprint density at radius 1 is 1.19 bits per heavy atom. The number of aromatic amines is 1. The van der Waals surface area contributed by atoms with Gasteiger partial charge in [-0.3, -0.25) is 0 Å². The van der Waals surface area contributed by atoms with Crippen LogP contribution in [-0.2, 0) is 0 Å². The zero-order valence-corrected chi connectivity index (χ0v) is 10.8. The molecule has 3 aromatic rings. The summed E-state index contributed by atoms with van der Waals surface area (Å²) in [5.74, 6) is -1.47. The maximum Gasteiger partial charge on any atom is 0.339 e. The second kappa shape index (κ2) is 4.69. The molecule has 0 fully saturated rings. The number of carbonyl (C=O) groups is 1. The molecule has 1 aromatic heterocycles. The van der Waals surface area contributed by atoms with Crippen molar-refractivity contribution in [3.8, 4) is 16.9 Å². The van der Waals surface area contributed by atoms with E-state index in [9.17, 15) is 9.90 Å². The van der Waals surface area contributed by atoms with Gasteiger partial charge in [0.1, 0.15) is 11.3 Å². The number of aromatic nitrogens is 1. The lowest BCUT2D eigenvalue weighted by Crippen LogP contribution is -1.96. The third-order valence-corrected chi connectivity index (χ3v) is 3.32. The van der Waals surface area contributed by atoms with Crippen molar-refractivity contribution in [1.82, 2.24) is 4.98 Å². The number of aromatic hydroxyl groups is 1. The zero-order chi connectivity index (χ0) is 15.0. The Balaban J connectivity index is 2.25. The predicted molar refractivity (Wildman–Crippen MR) is 78.6 cm³/mol. The monoisotopic (exact) mass is 278 g/mol. The van der Waals surface area contributed by atoms with Gasteiger partial charge in [-0.25, -0.2) is 9.64 Å². The van der Waals surface area contributed by atoms with E-state index in [0.29, 0.717) is 11.3 Å². The summed E-state index contributed by atoms with van der Waals surface area (Å²) in [4.78, 5) is 17.4. The number of nitrogens with zero attached hydrogens (tertiary/aromatic N) is 1. The molecular formula is C16H10N2O3. The van der Waals surface area contributed by atoms with Crippen molar-refractivity contribution in [2.24, 2.45) is 0 Å². The number of hydrogen-bond donors (Lipinski definition) is 3. The summed E-state index contributed by atoms with van der Waals surface area (Å²) in [6.45, 7) is 7.15. The Kier molecular flexibility index (Phi) is 2.85. The average Bonchev–Trinajstić information content (AvgIpc) is 2.93. The van der Waals surface area contributed by atoms with Crippen LogP contribution in [0, 0.1) is 6.57 Å². The molecule has 2 aromatic carbocycles. The largest absolute Gasteiger partial charge is 0.507 e. The Morgan fingerprint density at radius 3 is 2.67 bits per heavy atom. The summed E-state index contributed by atoms with van der Waals surface area (Å²) in [6, 6.07) is 9.73. The molecule has 0 aliphatic carbocycles. The quantitative estimate of drug-likeness (QED) is 0.624. The Morgan fingerprint density at radius 2 is 2.00 bits per heavy atom. The van der Waals surface area contributed by atoms with Crippen LogP contribution in [0.3, 0.4) is 0 Å². The minimum Gasteiger partial charge on any atom is -0.507 e. The van der Waals surface area contributed by atoms with Crippen molar-refractivity contribution in [3.63, 3.8) is 0 Å². The Labute approximate surface area is 119 Å². The second-order valence-electron chi connectivity index (χ2n) is 4.58. The minimum atomic E-state index is -1.18. The number of rotatable bonds is 2. The number of H-pyrrole nitrogens is 1. The van der Waals surface area contributed by atoms with Crippen LogP contribution in [0.25, 0.3) is 26.9 Å². The van der Waals surface area contributed by atoms with Crippen LogP contribution in [0.5, 0.6) is 5.75 Å². The van der Waals surface area contributed by atoms with Crippen LogP contribution in [0.4, 0.5) is 5.69 Å². The molecular weight excluding hydrogens is 268 g/mol. The Hall–Kier alpha value is -3.26. The molecule has 0 aliphatic heterocycles. The van der Waals surface area contributed by atoms with E-state index in [1.807, 2.05) is 6.07 Å². The highest BCUT2D eigenvalue weighted by atomic mass is 16.4. The van der Waals surface area contributed by atoms with Crippen molar-refractivity contribution >= 4 is 22.6 Å². The normalized spacial score (nSPS) is 10.4. The molecule has 3 N–H and O–H groups in total. The average molecular weight is 278 g/mol. The van der Waals surface area contributed by atoms with Crippen LogP contribution >= 0.6 is 0 Å². The number of carboxylic acid groups (broad SMARTS) is 1. The lowest BCUT2D eigenvalue weighted by molar-refractivity contribution is 0.0694. The van der Waals surface area contributed by atoms with E-state index in [2.05, 4.69) is 9.83 Å². The fourth-order valence-electron chi connectivity index (χ4n) is 2.34. The van der Waals surface area contributed by atoms with E-state index in [-0.39, 0.29) is 11.3 Å². The summed E-state index contributed by atoms with van der Waals surface area (Å²) < 4.78 is 0. The van der Waals surface area contributed by atoms with E-state index in [1.54, 1.807) is 24.4 Å². The molecule has 0 radical (unpaired) electrons. The van der Waals surface area contributed by atoms with Crippen LogP contribution < -0.4 is 0 Å². The van der Waals surface area contributed by atoms with Crippen molar-refractivity contribution in [3.05, 3.63) is 59.6 Å². The number of nitrogens with one attached hydrogen (secondary N) is 1. The van der Waals surface area contributed by atoms with E-state index in [4.69, 9.17) is 11.7 Å². The summed E-state index contributed by atoms with van der Waals surface area (Å²) in [7, 11) is 0. The maximum atomic E-state index is 10.9. The van der Waals surface area contributed by atoms with Gasteiger partial charge in [0.05, 0.1) is 6.57 Å². The van der Waals surface area contributed by atoms with Crippen LogP contribution in [0.1, 0.15) is 10.4 Å². The minimum absolute atomic E-state index is 0.148. The van der Waals surface area contributed by atoms with Crippen molar-refractivity contribution in [2.75, 3.05) is 0 Å². The highest BCUT2D eigenvalue weighted by Crippen LogP contribution is 2.35. The molecule has 5 heteroatoms. The fourth-order valence-corrected chi connectivity index (χ4v) is 2.34. The van der Waals surface area contributed by atoms with Crippen LogP contribution in [0.2, 0.25) is 0 Å². The first-order chi connectivity index (χ1) is 10.1. The first kappa shape index (κ1) is 12.8. The van der Waals surface area contributed by atoms with Gasteiger partial charge >= 0.3 is 5.97 Å². The molecule has 0 atom stereocenters. The number of aromatic carboxylic acids is 1. The highest BCUT2D eigenvalue weighted by molar-refractivity contribution is 5.99. The van der Waals surface area contributed by atoms with E-state index >= 15 is 0 Å². The molecule has 0 amide bonds. The lowest BCUT2D eigenvalue weighted by atomic mass is 9.99. The molecule has 0 saturated carbocycles. The number of benzene rings is 2. The van der Waals surface area contributed by atoms with Crippen molar-refractivity contribution in [1.29, 1.82) is 0 Å². The smallest absolute Gasteiger partial charge is 0.339 e. The molecule has 0 spiro atoms. The Bertz CT molecular complexity index is 904. The van der Waals surface area contributed by atoms with E-state index in [1.165, 1.54) is 12.1 Å². The third kappa shape index (κ3) is 2.09. The highest BCUT2D eigenvalue weighted by Gasteiger charge is 2.13. The van der Waals surface area contributed by atoms with Crippen molar-refractivity contribution in [2.45, 2.75) is 0 Å². The van der Waals surface area contributed by atoms with Gasteiger partial charge in [-0.05, 0) is 41.5 Å². The topological polar surface area (TPSA) is 77.7 Å². The first-order valence-corrected chi connectivity index (χ1v) is 6.15. The SMILES string of the molecule is [C-]#[N+]c1cc(-c2ccc(C(=O)O)c(O)c2)c2cc[nH]c2c1. The molecule has 102 valence electrons. The third-order valence-electron chi connectivity index (χ3n) is 3.32. The predicted octanol–water partition coefficient (Wildman–Crippen LogP) is 3.79. The zero-order valence-electron chi connectivity index (χ0n) is 10.8. The summed E-state index contributed by atoms with van der Waals surface area (Å²) in [5.41, 5.74) is 2.58. The molecule has 3 rings (SSSR count). The summed E-state index contributed by atoms with van der Waals surface area (Å²) in [5, 5.41) is 19.7. The lowest BCUT2D eigenvalue weighted by Gasteiger charge is -2.07. The number of fused-ring (bicyclic) bond motifs is 1. The molecule has 5 nitrogen and oxygen atoms in total. The first-order valence-electron chi connectivity index (χ1n) is 6.15. The second-order valence-corrected chi connectivity index (χ2v) is 4.58. The van der Waals surface area contributed by atoms with Crippen LogP contribution in [-0.4, -0.2) is 21.2 Å². The fraction of sp³-hybridized carbons (Fsp3) is 0. The number of phenols is 1. The molecule has 0 unspecified atom stereocenters. The van der Waals surface area contributed by atoms with Gasteiger partial charge in [0.2, 0.25) is 0 Å². The standard InChI is InChI=1S/C16H10N2O3/c1-17-10-7-13(11-4-5-18-14(11)8-10)9-2-3-12(16(20)21)15(19)6-9/h2-8,18-19H,(H,20,21). The van der Waals surface area contributed by atoms with Gasteiger partial charge in [0.25, 0.3) is 0 Å². The molecule has 0 aliphatic rings. The maximum absolute atomic E-state index is 10.9. The summed E-state index contributed by atoms with van der Waals surface area (Å²) in [6.07, 6.45) is 1.77. The van der Waals surface area contributed by atoms with E-state index in [0.717, 1.165) is 16.5 Å². The summed E-state index contributed by atoms with van der Waals surface area (Å²) >= 11 is 0. The number of carboxylic acids is 1. The van der Waals surface area contributed by atoms with Gasteiger partial charge in [-0.15, -0.1) is 0 Å². The van der Waals surface area contributed by atoms with Gasteiger partial charge < -0.3 is 15.2 Å². The molecule has 0 bridgehead atoms. The van der Waals surface area contributed by atoms with Crippen LogP contribution in [0.15, 0.2) is 42.6 Å². The van der Waals surface area contributed by atoms with Gasteiger partial charge in [-0.2, -0.15) is 0 Å². The van der Waals surface area contributed by atoms with Crippen molar-refractivity contribution < 1.29 is 15.0 Å². The number of hydrogen-bond acceptors (Lipinski definition) is 2. The van der Waals surface area contributed by atoms with Gasteiger partial charge in [-0.1, -0.05) is 6.07 Å². The van der Waals surface area contributed by atoms with Gasteiger partial charge in [0.15, 0.2) is 5.69 Å². The van der Waals surface area contributed by atoms with E-state index < -0.39 is 5.97 Å². The molecule has 21 heavy (non-hydrogen) atoms.